The second-order valence-corrected chi connectivity index (χ2v) is 12.0. The number of rotatable bonds is 6. The van der Waals surface area contributed by atoms with Crippen molar-refractivity contribution in [1.29, 1.82) is 0 Å². The van der Waals surface area contributed by atoms with E-state index < -0.39 is 0 Å². The minimum Gasteiger partial charge on any atom is -0.455 e. The topological polar surface area (TPSA) is 51.8 Å². The molecule has 0 bridgehead atoms. The van der Waals surface area contributed by atoms with Gasteiger partial charge in [-0.3, -0.25) is 0 Å². The van der Waals surface area contributed by atoms with Gasteiger partial charge in [0.25, 0.3) is 0 Å². The summed E-state index contributed by atoms with van der Waals surface area (Å²) in [7, 11) is 0. The van der Waals surface area contributed by atoms with Crippen LogP contribution in [0.3, 0.4) is 0 Å². The highest BCUT2D eigenvalue weighted by molar-refractivity contribution is 6.17. The third-order valence-electron chi connectivity index (χ3n) is 8.94. The highest BCUT2D eigenvalue weighted by Gasteiger charge is 2.19. The van der Waals surface area contributed by atoms with E-state index in [0.717, 1.165) is 66.4 Å². The normalized spacial score (nSPS) is 11.3. The van der Waals surface area contributed by atoms with Gasteiger partial charge >= 0.3 is 0 Å². The largest absolute Gasteiger partial charge is 0.455 e. The zero-order valence-corrected chi connectivity index (χ0v) is 26.5. The van der Waals surface area contributed by atoms with E-state index in [-0.39, 0.29) is 0 Å². The maximum Gasteiger partial charge on any atom is 0.164 e. The van der Waals surface area contributed by atoms with Crippen LogP contribution in [0.2, 0.25) is 0 Å². The number of hydrogen-bond donors (Lipinski definition) is 0. The lowest BCUT2D eigenvalue weighted by molar-refractivity contribution is 0.670. The molecule has 4 heteroatoms. The van der Waals surface area contributed by atoms with Gasteiger partial charge in [-0.2, -0.15) is 0 Å². The number of benzene rings is 7. The minimum atomic E-state index is 0.615. The standard InChI is InChI=1S/C45H29N3O/c1-5-14-30(15-6-1)34-24-27-40-39(29-34)41-37(31-16-7-2-8-17-31)25-26-38(42(41)49-40)35-22-13-23-36(28-35)45-47-43(32-18-9-3-10-19-32)46-44(48-45)33-20-11-4-12-21-33/h1-29H. The van der Waals surface area contributed by atoms with Gasteiger partial charge < -0.3 is 4.42 Å². The van der Waals surface area contributed by atoms with E-state index >= 15 is 0 Å². The number of nitrogens with zero attached hydrogens (tertiary/aromatic N) is 3. The van der Waals surface area contributed by atoms with E-state index in [9.17, 15) is 0 Å². The summed E-state index contributed by atoms with van der Waals surface area (Å²) in [5.41, 5.74) is 11.1. The van der Waals surface area contributed by atoms with Crippen molar-refractivity contribution in [2.45, 2.75) is 0 Å². The molecule has 0 N–H and O–H groups in total. The van der Waals surface area contributed by atoms with E-state index in [1.807, 2.05) is 66.7 Å². The molecule has 230 valence electrons. The van der Waals surface area contributed by atoms with Crippen LogP contribution in [0.15, 0.2) is 180 Å². The first-order valence-electron chi connectivity index (χ1n) is 16.4. The molecular weight excluding hydrogens is 599 g/mol. The molecule has 0 atom stereocenters. The molecule has 0 saturated heterocycles. The fourth-order valence-electron chi connectivity index (χ4n) is 6.54. The molecule has 9 aromatic rings. The van der Waals surface area contributed by atoms with Gasteiger partial charge in [0.1, 0.15) is 11.2 Å². The minimum absolute atomic E-state index is 0.615. The molecule has 0 aliphatic heterocycles. The van der Waals surface area contributed by atoms with Crippen LogP contribution in [0, 0.1) is 0 Å². The molecule has 0 spiro atoms. The van der Waals surface area contributed by atoms with Gasteiger partial charge in [0, 0.05) is 33.0 Å². The van der Waals surface area contributed by atoms with E-state index in [0.29, 0.717) is 17.5 Å². The lowest BCUT2D eigenvalue weighted by Gasteiger charge is -2.11. The van der Waals surface area contributed by atoms with Gasteiger partial charge in [-0.25, -0.2) is 15.0 Å². The van der Waals surface area contributed by atoms with Crippen molar-refractivity contribution in [3.05, 3.63) is 176 Å². The van der Waals surface area contributed by atoms with Crippen molar-refractivity contribution in [2.75, 3.05) is 0 Å². The van der Waals surface area contributed by atoms with Crippen LogP contribution in [-0.4, -0.2) is 15.0 Å². The van der Waals surface area contributed by atoms with Crippen molar-refractivity contribution in [2.24, 2.45) is 0 Å². The van der Waals surface area contributed by atoms with E-state index in [1.165, 1.54) is 5.56 Å². The maximum absolute atomic E-state index is 6.75. The average molecular weight is 628 g/mol. The van der Waals surface area contributed by atoms with Gasteiger partial charge in [-0.15, -0.1) is 0 Å². The van der Waals surface area contributed by atoms with Crippen molar-refractivity contribution in [3.63, 3.8) is 0 Å². The maximum atomic E-state index is 6.75. The Morgan fingerprint density at radius 1 is 0.327 bits per heavy atom. The van der Waals surface area contributed by atoms with Gasteiger partial charge in [0.05, 0.1) is 0 Å². The van der Waals surface area contributed by atoms with Crippen molar-refractivity contribution in [3.8, 4) is 67.5 Å². The zero-order chi connectivity index (χ0) is 32.6. The van der Waals surface area contributed by atoms with Crippen LogP contribution in [0.5, 0.6) is 0 Å². The fraction of sp³-hybridized carbons (Fsp3) is 0. The van der Waals surface area contributed by atoms with Gasteiger partial charge in [0.2, 0.25) is 0 Å². The summed E-state index contributed by atoms with van der Waals surface area (Å²) in [6, 6.07) is 60.4. The Hall–Kier alpha value is -6.65. The smallest absolute Gasteiger partial charge is 0.164 e. The fourth-order valence-corrected chi connectivity index (χ4v) is 6.54. The number of fused-ring (bicyclic) bond motifs is 3. The zero-order valence-electron chi connectivity index (χ0n) is 26.5. The van der Waals surface area contributed by atoms with Gasteiger partial charge in [-0.05, 0) is 52.1 Å². The van der Waals surface area contributed by atoms with Crippen LogP contribution < -0.4 is 0 Å². The summed E-state index contributed by atoms with van der Waals surface area (Å²) in [6.45, 7) is 0. The highest BCUT2D eigenvalue weighted by atomic mass is 16.3. The Labute approximate surface area is 284 Å². The summed E-state index contributed by atoms with van der Waals surface area (Å²) in [5.74, 6) is 1.88. The lowest BCUT2D eigenvalue weighted by atomic mass is 9.93. The molecule has 7 aromatic carbocycles. The summed E-state index contributed by atoms with van der Waals surface area (Å²) in [4.78, 5) is 14.8. The third-order valence-corrected chi connectivity index (χ3v) is 8.94. The SMILES string of the molecule is c1ccc(-c2ccc3oc4c(-c5cccc(-c6nc(-c7ccccc7)nc(-c7ccccc7)n6)c5)ccc(-c5ccccc5)c4c3c2)cc1. The summed E-state index contributed by atoms with van der Waals surface area (Å²) < 4.78 is 6.75. The Morgan fingerprint density at radius 3 is 1.43 bits per heavy atom. The Balaban J connectivity index is 1.23. The second kappa shape index (κ2) is 12.2. The van der Waals surface area contributed by atoms with Crippen LogP contribution in [0.4, 0.5) is 0 Å². The first-order chi connectivity index (χ1) is 24.3. The second-order valence-electron chi connectivity index (χ2n) is 12.0. The first-order valence-corrected chi connectivity index (χ1v) is 16.4. The van der Waals surface area contributed by atoms with E-state index in [2.05, 4.69) is 109 Å². The summed E-state index contributed by atoms with van der Waals surface area (Å²) in [6.07, 6.45) is 0. The summed E-state index contributed by atoms with van der Waals surface area (Å²) in [5, 5.41) is 2.19. The molecule has 0 fully saturated rings. The first kappa shape index (κ1) is 28.6. The highest BCUT2D eigenvalue weighted by Crippen LogP contribution is 2.43. The third kappa shape index (κ3) is 5.35. The molecule has 49 heavy (non-hydrogen) atoms. The molecule has 2 aromatic heterocycles. The lowest BCUT2D eigenvalue weighted by Crippen LogP contribution is -2.00. The molecule has 0 aliphatic rings. The Kier molecular flexibility index (Phi) is 7.10. The van der Waals surface area contributed by atoms with Crippen molar-refractivity contribution >= 4 is 21.9 Å². The molecule has 0 unspecified atom stereocenters. The molecular formula is C45H29N3O. The number of furan rings is 1. The van der Waals surface area contributed by atoms with Crippen LogP contribution in [0.25, 0.3) is 89.5 Å². The predicted molar refractivity (Wildman–Crippen MR) is 200 cm³/mol. The van der Waals surface area contributed by atoms with Gasteiger partial charge in [0.15, 0.2) is 17.5 Å². The molecule has 9 rings (SSSR count). The monoisotopic (exact) mass is 627 g/mol. The molecule has 0 amide bonds. The quantitative estimate of drug-likeness (QED) is 0.184. The molecule has 4 nitrogen and oxygen atoms in total. The molecule has 0 radical (unpaired) electrons. The average Bonchev–Trinajstić information content (AvgIpc) is 3.58. The number of aromatic nitrogens is 3. The number of hydrogen-bond acceptors (Lipinski definition) is 4. The van der Waals surface area contributed by atoms with Crippen LogP contribution in [0.1, 0.15) is 0 Å². The Bertz CT molecular complexity index is 2520. The van der Waals surface area contributed by atoms with Gasteiger partial charge in [-0.1, -0.05) is 152 Å². The molecule has 0 aliphatic carbocycles. The van der Waals surface area contributed by atoms with E-state index in [4.69, 9.17) is 19.4 Å². The van der Waals surface area contributed by atoms with E-state index in [1.54, 1.807) is 0 Å². The van der Waals surface area contributed by atoms with Crippen molar-refractivity contribution in [1.82, 2.24) is 15.0 Å². The summed E-state index contributed by atoms with van der Waals surface area (Å²) >= 11 is 0. The molecule has 0 saturated carbocycles. The Morgan fingerprint density at radius 2 is 0.816 bits per heavy atom. The van der Waals surface area contributed by atoms with Crippen LogP contribution in [-0.2, 0) is 0 Å². The van der Waals surface area contributed by atoms with Crippen LogP contribution >= 0.6 is 0 Å². The predicted octanol–water partition coefficient (Wildman–Crippen LogP) is 11.8. The molecule has 2 heterocycles. The van der Waals surface area contributed by atoms with Crippen molar-refractivity contribution < 1.29 is 4.42 Å².